The fourth-order valence-corrected chi connectivity index (χ4v) is 2.20. The second kappa shape index (κ2) is 16.3. The van der Waals surface area contributed by atoms with Crippen molar-refractivity contribution in [1.82, 2.24) is 20.4 Å². The molecular weight excluding hydrogens is 448 g/mol. The Bertz CT molecular complexity index is 590. The van der Waals surface area contributed by atoms with Gasteiger partial charge in [0.25, 0.3) is 5.91 Å². The van der Waals surface area contributed by atoms with Crippen LogP contribution in [0.1, 0.15) is 48.0 Å². The summed E-state index contributed by atoms with van der Waals surface area (Å²) in [5, 5.41) is 5.05. The first-order valence-electron chi connectivity index (χ1n) is 8.99. The quantitative estimate of drug-likeness (QED) is 0.390. The third kappa shape index (κ3) is 10.1. The number of nitrogens with one attached hydrogen (secondary N) is 2. The van der Waals surface area contributed by atoms with E-state index in [2.05, 4.69) is 10.6 Å². The van der Waals surface area contributed by atoms with Crippen molar-refractivity contribution in [3.05, 3.63) is 0 Å². The van der Waals surface area contributed by atoms with Crippen molar-refractivity contribution in [3.63, 3.8) is 0 Å². The van der Waals surface area contributed by atoms with Crippen molar-refractivity contribution in [3.8, 4) is 0 Å². The Hall–Kier alpha value is -1.40. The fourth-order valence-electron chi connectivity index (χ4n) is 2.20. The first kappa shape index (κ1) is 36.0. The largest absolute Gasteiger partial charge is 0.356 e. The molecule has 0 aliphatic carbocycles. The number of Topliss-reactive ketones (excluding diaryl/α,β-unsaturated/α-hetero) is 1. The van der Waals surface area contributed by atoms with Gasteiger partial charge in [-0.1, -0.05) is 6.92 Å². The van der Waals surface area contributed by atoms with E-state index in [9.17, 15) is 24.0 Å². The van der Waals surface area contributed by atoms with Crippen molar-refractivity contribution < 1.29 is 24.0 Å². The summed E-state index contributed by atoms with van der Waals surface area (Å²) in [5.74, 6) is -0.496. The van der Waals surface area contributed by atoms with Crippen molar-refractivity contribution in [2.45, 2.75) is 59.5 Å². The predicted molar refractivity (Wildman–Crippen MR) is 132 cm³/mol. The molecule has 30 heavy (non-hydrogen) atoms. The van der Waals surface area contributed by atoms with Gasteiger partial charge in [-0.3, -0.25) is 24.1 Å². The zero-order valence-electron chi connectivity index (χ0n) is 18.8. The van der Waals surface area contributed by atoms with Crippen LogP contribution in [0.25, 0.3) is 0 Å². The summed E-state index contributed by atoms with van der Waals surface area (Å²) in [7, 11) is 1.62. The number of imide groups is 1. The molecule has 1 saturated heterocycles. The molecule has 178 valence electrons. The third-order valence-corrected chi connectivity index (χ3v) is 4.64. The summed E-state index contributed by atoms with van der Waals surface area (Å²) < 4.78 is 0. The van der Waals surface area contributed by atoms with E-state index in [4.69, 9.17) is 0 Å². The standard InChI is InChI=1S/C13H23N3O3.C5H9NO2.3H2S/c1-6-14-10(17)9(2)7-8-16-11(18)13(3,4)15(5)12(16)19;1-4(5(2)8)6-3-7;;;/h9H,6-8H2,1-5H3,(H,14,17);3-4H,1-2H3,(H,6,7);3*1H2/t9-;4-;;;/m00.../s1. The molecule has 12 heteroatoms. The molecule has 2 N–H and O–H groups in total. The number of hydrogen-bond acceptors (Lipinski definition) is 5. The molecule has 9 nitrogen and oxygen atoms in total. The van der Waals surface area contributed by atoms with E-state index < -0.39 is 5.54 Å². The highest BCUT2D eigenvalue weighted by molar-refractivity contribution is 7.59. The Morgan fingerprint density at radius 2 is 1.63 bits per heavy atom. The normalized spacial score (nSPS) is 15.8. The van der Waals surface area contributed by atoms with Crippen LogP contribution in [0.3, 0.4) is 0 Å². The lowest BCUT2D eigenvalue weighted by molar-refractivity contribution is -0.132. The second-order valence-corrected chi connectivity index (χ2v) is 7.06. The van der Waals surface area contributed by atoms with E-state index in [1.165, 1.54) is 16.7 Å². The summed E-state index contributed by atoms with van der Waals surface area (Å²) in [4.78, 5) is 58.3. The highest BCUT2D eigenvalue weighted by Crippen LogP contribution is 2.26. The molecule has 5 amide bonds. The zero-order valence-corrected chi connectivity index (χ0v) is 21.8. The summed E-state index contributed by atoms with van der Waals surface area (Å²) in [6, 6.07) is -0.634. The Morgan fingerprint density at radius 1 is 1.13 bits per heavy atom. The van der Waals surface area contributed by atoms with Crippen molar-refractivity contribution in [2.24, 2.45) is 5.92 Å². The van der Waals surface area contributed by atoms with Crippen LogP contribution in [0.4, 0.5) is 4.79 Å². The number of rotatable bonds is 8. The molecule has 0 unspecified atom stereocenters. The Kier molecular flexibility index (Phi) is 19.6. The van der Waals surface area contributed by atoms with Crippen molar-refractivity contribution in [2.75, 3.05) is 20.1 Å². The van der Waals surface area contributed by atoms with Gasteiger partial charge in [0.05, 0.1) is 6.04 Å². The van der Waals surface area contributed by atoms with Crippen LogP contribution in [0, 0.1) is 5.92 Å². The molecule has 1 rings (SSSR count). The van der Waals surface area contributed by atoms with Crippen LogP contribution >= 0.6 is 40.5 Å². The molecule has 0 aromatic rings. The first-order valence-corrected chi connectivity index (χ1v) is 8.99. The average molecular weight is 487 g/mol. The van der Waals surface area contributed by atoms with Gasteiger partial charge in [0.15, 0.2) is 5.78 Å². The van der Waals surface area contributed by atoms with E-state index in [1.807, 2.05) is 6.92 Å². The van der Waals surface area contributed by atoms with Gasteiger partial charge in [-0.25, -0.2) is 4.79 Å². The lowest BCUT2D eigenvalue weighted by Crippen LogP contribution is -2.41. The van der Waals surface area contributed by atoms with Crippen LogP contribution in [0.15, 0.2) is 0 Å². The van der Waals surface area contributed by atoms with Gasteiger partial charge in [0, 0.05) is 26.1 Å². The van der Waals surface area contributed by atoms with E-state index in [1.54, 1.807) is 34.7 Å². The zero-order chi connectivity index (χ0) is 21.4. The molecule has 1 fully saturated rings. The lowest BCUT2D eigenvalue weighted by Gasteiger charge is -2.22. The number of carbonyl (C=O) groups excluding carboxylic acids is 5. The van der Waals surface area contributed by atoms with E-state index in [0.29, 0.717) is 19.4 Å². The van der Waals surface area contributed by atoms with E-state index in [0.717, 1.165) is 0 Å². The first-order chi connectivity index (χ1) is 12.4. The minimum atomic E-state index is -0.800. The monoisotopic (exact) mass is 486 g/mol. The second-order valence-electron chi connectivity index (χ2n) is 7.06. The van der Waals surface area contributed by atoms with Gasteiger partial charge in [-0.05, 0) is 41.0 Å². The van der Waals surface area contributed by atoms with E-state index >= 15 is 0 Å². The maximum Gasteiger partial charge on any atom is 0.327 e. The van der Waals surface area contributed by atoms with Crippen molar-refractivity contribution in [1.29, 1.82) is 0 Å². The number of hydrogen-bond donors (Lipinski definition) is 2. The molecule has 1 heterocycles. The SMILES string of the molecule is CC(=O)[C@H](C)NC=O.CCNC(=O)[C@@H](C)CCN1C(=O)N(C)C(C)(C)C1=O.S.S.S. The Labute approximate surface area is 200 Å². The molecule has 2 atom stereocenters. The van der Waals surface area contributed by atoms with Gasteiger partial charge in [-0.15, -0.1) is 0 Å². The molecular formula is C18H38N4O5S3. The van der Waals surface area contributed by atoms with Crippen LogP contribution in [-0.2, 0) is 19.2 Å². The van der Waals surface area contributed by atoms with Crippen LogP contribution < -0.4 is 10.6 Å². The smallest absolute Gasteiger partial charge is 0.327 e. The summed E-state index contributed by atoms with van der Waals surface area (Å²) in [6.07, 6.45) is 0.999. The highest BCUT2D eigenvalue weighted by Gasteiger charge is 2.48. The van der Waals surface area contributed by atoms with Crippen molar-refractivity contribution >= 4 is 70.5 Å². The number of carbonyl (C=O) groups is 5. The number of ketones is 1. The number of urea groups is 1. The summed E-state index contributed by atoms with van der Waals surface area (Å²) in [5.41, 5.74) is -0.800. The Morgan fingerprint density at radius 3 is 1.93 bits per heavy atom. The van der Waals surface area contributed by atoms with Crippen LogP contribution in [-0.4, -0.2) is 71.6 Å². The molecule has 0 radical (unpaired) electrons. The fraction of sp³-hybridized carbons (Fsp3) is 0.722. The van der Waals surface area contributed by atoms with Gasteiger partial charge in [0.1, 0.15) is 5.54 Å². The van der Waals surface area contributed by atoms with Gasteiger partial charge in [-0.2, -0.15) is 40.5 Å². The minimum Gasteiger partial charge on any atom is -0.356 e. The van der Waals surface area contributed by atoms with Crippen LogP contribution in [0.2, 0.25) is 0 Å². The average Bonchev–Trinajstić information content (AvgIpc) is 2.74. The molecule has 1 aliphatic heterocycles. The summed E-state index contributed by atoms with van der Waals surface area (Å²) >= 11 is 0. The molecule has 0 bridgehead atoms. The lowest BCUT2D eigenvalue weighted by atomic mass is 10.0. The molecule has 0 saturated carbocycles. The minimum absolute atomic E-state index is 0. The van der Waals surface area contributed by atoms with Gasteiger partial charge >= 0.3 is 6.03 Å². The van der Waals surface area contributed by atoms with Gasteiger partial charge in [0.2, 0.25) is 12.3 Å². The third-order valence-electron chi connectivity index (χ3n) is 4.64. The summed E-state index contributed by atoms with van der Waals surface area (Å²) in [6.45, 7) is 11.0. The number of amides is 5. The van der Waals surface area contributed by atoms with Crippen LogP contribution in [0.5, 0.6) is 0 Å². The maximum atomic E-state index is 12.1. The van der Waals surface area contributed by atoms with E-state index in [-0.39, 0.29) is 82.6 Å². The molecule has 0 spiro atoms. The number of likely N-dealkylation sites (N-methyl/N-ethyl adjacent to an activating group) is 1. The Balaban J connectivity index is -0.000000266. The van der Waals surface area contributed by atoms with Gasteiger partial charge < -0.3 is 15.5 Å². The molecule has 1 aliphatic rings. The molecule has 0 aromatic heterocycles. The predicted octanol–water partition coefficient (Wildman–Crippen LogP) is 0.870. The highest BCUT2D eigenvalue weighted by atomic mass is 32.1. The topological polar surface area (TPSA) is 116 Å². The maximum absolute atomic E-state index is 12.1. The molecule has 0 aromatic carbocycles. The number of nitrogens with zero attached hydrogens (tertiary/aromatic N) is 2.